The van der Waals surface area contributed by atoms with E-state index in [1.165, 1.54) is 12.2 Å². The number of nitrogens with one attached hydrogen (secondary N) is 1. The van der Waals surface area contributed by atoms with Crippen LogP contribution in [0.5, 0.6) is 11.5 Å². The van der Waals surface area contributed by atoms with E-state index in [1.807, 2.05) is 30.0 Å². The average molecular weight is 283 g/mol. The van der Waals surface area contributed by atoms with E-state index in [9.17, 15) is 0 Å². The van der Waals surface area contributed by atoms with Gasteiger partial charge in [0.1, 0.15) is 6.10 Å². The number of hydrogen-bond acceptors (Lipinski definition) is 5. The minimum Gasteiger partial charge on any atom is -0.493 e. The number of hydrogen-bond donors (Lipinski definition) is 1. The highest BCUT2D eigenvalue weighted by atomic mass is 32.2. The number of thioether (sulfide) groups is 1. The number of hydroxylamine groups is 1. The largest absolute Gasteiger partial charge is 0.493 e. The number of ether oxygens (including phenoxy) is 2. The SMILES string of the molecule is CONCc1cccc(OC)c1OC1CCCSC1. The van der Waals surface area contributed by atoms with Crippen molar-refractivity contribution in [2.45, 2.75) is 25.5 Å². The summed E-state index contributed by atoms with van der Waals surface area (Å²) in [5, 5.41) is 0. The lowest BCUT2D eigenvalue weighted by molar-refractivity contribution is 0.0852. The van der Waals surface area contributed by atoms with Crippen LogP contribution in [0.2, 0.25) is 0 Å². The Kier molecular flexibility index (Phi) is 5.82. The molecule has 1 aromatic rings. The molecule has 0 amide bonds. The van der Waals surface area contributed by atoms with Crippen LogP contribution in [-0.4, -0.2) is 31.8 Å². The molecule has 0 saturated carbocycles. The Labute approximate surface area is 118 Å². The second-order valence-electron chi connectivity index (χ2n) is 4.43. The molecule has 19 heavy (non-hydrogen) atoms. The van der Waals surface area contributed by atoms with Crippen molar-refractivity contribution >= 4 is 11.8 Å². The monoisotopic (exact) mass is 283 g/mol. The van der Waals surface area contributed by atoms with E-state index in [1.54, 1.807) is 14.2 Å². The molecule has 0 radical (unpaired) electrons. The van der Waals surface area contributed by atoms with Gasteiger partial charge in [-0.2, -0.15) is 17.2 Å². The van der Waals surface area contributed by atoms with Gasteiger partial charge < -0.3 is 14.3 Å². The van der Waals surface area contributed by atoms with E-state index in [-0.39, 0.29) is 6.10 Å². The second kappa shape index (κ2) is 7.62. The first kappa shape index (κ1) is 14.5. The second-order valence-corrected chi connectivity index (χ2v) is 5.58. The molecule has 5 heteroatoms. The van der Waals surface area contributed by atoms with Gasteiger partial charge in [0.15, 0.2) is 11.5 Å². The van der Waals surface area contributed by atoms with Gasteiger partial charge in [0, 0.05) is 17.9 Å². The number of methoxy groups -OCH3 is 1. The molecule has 1 unspecified atom stereocenters. The molecule has 1 saturated heterocycles. The molecule has 1 fully saturated rings. The molecule has 0 aromatic heterocycles. The predicted molar refractivity (Wildman–Crippen MR) is 77.8 cm³/mol. The van der Waals surface area contributed by atoms with Crippen LogP contribution < -0.4 is 15.0 Å². The van der Waals surface area contributed by atoms with Gasteiger partial charge in [-0.1, -0.05) is 12.1 Å². The number of para-hydroxylation sites is 1. The van der Waals surface area contributed by atoms with Crippen molar-refractivity contribution in [3.8, 4) is 11.5 Å². The summed E-state index contributed by atoms with van der Waals surface area (Å²) < 4.78 is 11.6. The van der Waals surface area contributed by atoms with Crippen molar-refractivity contribution in [1.82, 2.24) is 5.48 Å². The van der Waals surface area contributed by atoms with Crippen LogP contribution in [-0.2, 0) is 11.4 Å². The number of benzene rings is 1. The van der Waals surface area contributed by atoms with Gasteiger partial charge in [0.05, 0.1) is 14.2 Å². The smallest absolute Gasteiger partial charge is 0.166 e. The predicted octanol–water partition coefficient (Wildman–Crippen LogP) is 2.62. The lowest BCUT2D eigenvalue weighted by atomic mass is 10.1. The molecule has 1 heterocycles. The minimum absolute atomic E-state index is 0.274. The highest BCUT2D eigenvalue weighted by Crippen LogP contribution is 2.34. The third kappa shape index (κ3) is 4.03. The molecule has 1 aromatic carbocycles. The number of rotatable bonds is 6. The highest BCUT2D eigenvalue weighted by molar-refractivity contribution is 7.99. The van der Waals surface area contributed by atoms with Crippen molar-refractivity contribution in [2.75, 3.05) is 25.7 Å². The van der Waals surface area contributed by atoms with Gasteiger partial charge in [-0.05, 0) is 24.7 Å². The third-order valence-electron chi connectivity index (χ3n) is 3.09. The van der Waals surface area contributed by atoms with E-state index in [2.05, 4.69) is 5.48 Å². The Bertz CT molecular complexity index is 394. The Balaban J connectivity index is 2.14. The first-order valence-electron chi connectivity index (χ1n) is 6.51. The highest BCUT2D eigenvalue weighted by Gasteiger charge is 2.19. The summed E-state index contributed by atoms with van der Waals surface area (Å²) in [7, 11) is 3.28. The van der Waals surface area contributed by atoms with Gasteiger partial charge >= 0.3 is 0 Å². The molecule has 1 aliphatic rings. The summed E-state index contributed by atoms with van der Waals surface area (Å²) in [6, 6.07) is 5.93. The van der Waals surface area contributed by atoms with Crippen molar-refractivity contribution < 1.29 is 14.3 Å². The quantitative estimate of drug-likeness (QED) is 0.813. The molecule has 4 nitrogen and oxygen atoms in total. The third-order valence-corrected chi connectivity index (χ3v) is 4.28. The topological polar surface area (TPSA) is 39.7 Å². The normalized spacial score (nSPS) is 19.2. The zero-order valence-corrected chi connectivity index (χ0v) is 12.3. The molecule has 0 aliphatic carbocycles. The zero-order valence-electron chi connectivity index (χ0n) is 11.5. The van der Waals surface area contributed by atoms with Crippen molar-refractivity contribution in [2.24, 2.45) is 0 Å². The van der Waals surface area contributed by atoms with Crippen LogP contribution in [0.3, 0.4) is 0 Å². The molecule has 1 N–H and O–H groups in total. The fourth-order valence-corrected chi connectivity index (χ4v) is 3.15. The summed E-state index contributed by atoms with van der Waals surface area (Å²) >= 11 is 1.95. The summed E-state index contributed by atoms with van der Waals surface area (Å²) in [6.07, 6.45) is 2.61. The van der Waals surface area contributed by atoms with Gasteiger partial charge in [0.25, 0.3) is 0 Å². The van der Waals surface area contributed by atoms with Crippen LogP contribution in [0.4, 0.5) is 0 Å². The Morgan fingerprint density at radius 3 is 2.95 bits per heavy atom. The van der Waals surface area contributed by atoms with Gasteiger partial charge in [0.2, 0.25) is 0 Å². The van der Waals surface area contributed by atoms with Crippen LogP contribution in [0.1, 0.15) is 18.4 Å². The zero-order chi connectivity index (χ0) is 13.5. The van der Waals surface area contributed by atoms with Gasteiger partial charge in [-0.15, -0.1) is 0 Å². The maximum Gasteiger partial charge on any atom is 0.166 e. The van der Waals surface area contributed by atoms with Crippen molar-refractivity contribution in [1.29, 1.82) is 0 Å². The summed E-state index contributed by atoms with van der Waals surface area (Å²) in [5.74, 6) is 3.91. The molecule has 1 atom stereocenters. The average Bonchev–Trinajstić information content (AvgIpc) is 2.47. The van der Waals surface area contributed by atoms with Gasteiger partial charge in [-0.3, -0.25) is 0 Å². The van der Waals surface area contributed by atoms with Crippen LogP contribution in [0.25, 0.3) is 0 Å². The summed E-state index contributed by atoms with van der Waals surface area (Å²) in [6.45, 7) is 0.600. The van der Waals surface area contributed by atoms with E-state index in [4.69, 9.17) is 14.3 Å². The molecule has 0 spiro atoms. The molecule has 1 aliphatic heterocycles. The van der Waals surface area contributed by atoms with Gasteiger partial charge in [-0.25, -0.2) is 0 Å². The van der Waals surface area contributed by atoms with Crippen LogP contribution >= 0.6 is 11.8 Å². The standard InChI is InChI=1S/C14H21NO3S/c1-16-13-7-3-5-11(9-15-17-2)14(13)18-12-6-4-8-19-10-12/h3,5,7,12,15H,4,6,8-10H2,1-2H3. The first-order valence-corrected chi connectivity index (χ1v) is 7.66. The molecule has 106 valence electrons. The Morgan fingerprint density at radius 1 is 1.37 bits per heavy atom. The Hall–Kier alpha value is -0.910. The van der Waals surface area contributed by atoms with Crippen LogP contribution in [0.15, 0.2) is 18.2 Å². The summed E-state index contributed by atoms with van der Waals surface area (Å²) in [4.78, 5) is 4.91. The van der Waals surface area contributed by atoms with E-state index >= 15 is 0 Å². The fourth-order valence-electron chi connectivity index (χ4n) is 2.12. The lowest BCUT2D eigenvalue weighted by Crippen LogP contribution is -2.24. The van der Waals surface area contributed by atoms with E-state index in [0.29, 0.717) is 6.54 Å². The van der Waals surface area contributed by atoms with E-state index < -0.39 is 0 Å². The molecule has 0 bridgehead atoms. The molecule has 2 rings (SSSR count). The maximum atomic E-state index is 6.16. The van der Waals surface area contributed by atoms with E-state index in [0.717, 1.165) is 29.2 Å². The van der Waals surface area contributed by atoms with Crippen molar-refractivity contribution in [3.63, 3.8) is 0 Å². The Morgan fingerprint density at radius 2 is 2.26 bits per heavy atom. The molecular weight excluding hydrogens is 262 g/mol. The van der Waals surface area contributed by atoms with Crippen LogP contribution in [0, 0.1) is 0 Å². The lowest BCUT2D eigenvalue weighted by Gasteiger charge is -2.25. The maximum absolute atomic E-state index is 6.16. The minimum atomic E-state index is 0.274. The fraction of sp³-hybridized carbons (Fsp3) is 0.571. The first-order chi connectivity index (χ1) is 9.35. The van der Waals surface area contributed by atoms with Crippen molar-refractivity contribution in [3.05, 3.63) is 23.8 Å². The molecular formula is C14H21NO3S. The summed E-state index contributed by atoms with van der Waals surface area (Å²) in [5.41, 5.74) is 3.91.